The molecule has 8 nitrogen and oxygen atoms in total. The molecule has 0 bridgehead atoms. The Kier molecular flexibility index (Phi) is 21.5. The average Bonchev–Trinajstić information content (AvgIpc) is 2.97. The lowest BCUT2D eigenvalue weighted by molar-refractivity contribution is -0.196. The first-order chi connectivity index (χ1) is 22.8. The van der Waals surface area contributed by atoms with Crippen molar-refractivity contribution >= 4 is 0 Å². The van der Waals surface area contributed by atoms with Crippen LogP contribution in [-0.2, 0) is 37.9 Å². The smallest absolute Gasteiger partial charge is 0.0873 e. The second kappa shape index (κ2) is 21.8. The van der Waals surface area contributed by atoms with Crippen molar-refractivity contribution in [2.75, 3.05) is 66.6 Å². The van der Waals surface area contributed by atoms with Crippen molar-refractivity contribution in [2.45, 2.75) is 171 Å². The molecular weight excluding hydrogens is 632 g/mol. The predicted octanol–water partition coefficient (Wildman–Crippen LogP) is 10.1. The summed E-state index contributed by atoms with van der Waals surface area (Å²) in [6, 6.07) is 0. The molecule has 8 heteroatoms. The molecule has 0 aliphatic heterocycles. The van der Waals surface area contributed by atoms with Gasteiger partial charge in [0.05, 0.1) is 87.6 Å². The minimum Gasteiger partial charge on any atom is -0.502 e. The molecule has 0 aromatic heterocycles. The summed E-state index contributed by atoms with van der Waals surface area (Å²) in [6.07, 6.45) is 6.05. The van der Waals surface area contributed by atoms with Crippen molar-refractivity contribution < 1.29 is 37.9 Å². The van der Waals surface area contributed by atoms with Crippen LogP contribution in [0.3, 0.4) is 0 Å². The third kappa shape index (κ3) is 17.4. The zero-order valence-corrected chi connectivity index (χ0v) is 36.1. The summed E-state index contributed by atoms with van der Waals surface area (Å²) in [5.74, 6) is 0.437. The van der Waals surface area contributed by atoms with E-state index in [9.17, 15) is 0 Å². The van der Waals surface area contributed by atoms with Gasteiger partial charge in [-0.2, -0.15) is 0 Å². The summed E-state index contributed by atoms with van der Waals surface area (Å²) in [6.45, 7) is 44.4. The molecule has 0 saturated carbocycles. The first-order valence-electron chi connectivity index (χ1n) is 19.3. The van der Waals surface area contributed by atoms with Gasteiger partial charge in [-0.3, -0.25) is 0 Å². The van der Waals surface area contributed by atoms with E-state index < -0.39 is 11.2 Å². The van der Waals surface area contributed by atoms with E-state index in [1.54, 1.807) is 7.11 Å². The van der Waals surface area contributed by atoms with Crippen LogP contribution in [0.1, 0.15) is 143 Å². The highest BCUT2D eigenvalue weighted by Gasteiger charge is 2.50. The van der Waals surface area contributed by atoms with Crippen molar-refractivity contribution in [1.29, 1.82) is 0 Å². The van der Waals surface area contributed by atoms with Crippen molar-refractivity contribution in [2.24, 2.45) is 22.2 Å². The van der Waals surface area contributed by atoms with Crippen molar-refractivity contribution in [3.05, 3.63) is 12.8 Å². The number of hydrogen-bond donors (Lipinski definition) is 0. The van der Waals surface area contributed by atoms with Crippen LogP contribution in [0, 0.1) is 22.2 Å². The first-order valence-corrected chi connectivity index (χ1v) is 19.3. The minimum absolute atomic E-state index is 0.137. The van der Waals surface area contributed by atoms with Crippen molar-refractivity contribution in [3.63, 3.8) is 0 Å². The first kappa shape index (κ1) is 49.3. The zero-order chi connectivity index (χ0) is 38.9. The van der Waals surface area contributed by atoms with Crippen LogP contribution in [0.25, 0.3) is 0 Å². The molecule has 0 N–H and O–H groups in total. The molecule has 0 aromatic carbocycles. The molecule has 0 rings (SSSR count). The summed E-state index contributed by atoms with van der Waals surface area (Å²) in [5, 5.41) is 0. The normalized spacial score (nSPS) is 14.8. The van der Waals surface area contributed by atoms with E-state index in [-0.39, 0.29) is 33.6 Å². The predicted molar refractivity (Wildman–Crippen MR) is 208 cm³/mol. The van der Waals surface area contributed by atoms with E-state index in [1.807, 2.05) is 0 Å². The summed E-state index contributed by atoms with van der Waals surface area (Å²) >= 11 is 0. The number of methoxy groups -OCH3 is 1. The molecule has 0 radical (unpaired) electrons. The van der Waals surface area contributed by atoms with Crippen molar-refractivity contribution in [1.82, 2.24) is 0 Å². The summed E-state index contributed by atoms with van der Waals surface area (Å²) in [4.78, 5) is 0. The highest BCUT2D eigenvalue weighted by Crippen LogP contribution is 2.51. The van der Waals surface area contributed by atoms with E-state index in [4.69, 9.17) is 37.9 Å². The standard InChI is InChI=1S/C42H84O8/c1-19-44-24-21-20-22-38(8,9)47-30-31-49-42(16,17)40(12,13)37(6,7)32-35(33-46-29-28-45-27-26-43-18)50-41(14,15)36(4,5)23-25-48-39(10,11)34(2)3/h19,34-35H,1,20-33H2,2-18H3. The lowest BCUT2D eigenvalue weighted by Crippen LogP contribution is -2.53. The van der Waals surface area contributed by atoms with E-state index >= 15 is 0 Å². The molecule has 0 aliphatic carbocycles. The SMILES string of the molecule is C=COCCCCC(C)(C)OCCOC(C)(C)C(C)(C)C(C)(C)CC(COCCOCCOC)OC(C)(C)C(C)(C)CCOC(C)(C)C(C)C. The van der Waals surface area contributed by atoms with E-state index in [2.05, 4.69) is 117 Å². The largest absolute Gasteiger partial charge is 0.502 e. The van der Waals surface area contributed by atoms with E-state index in [0.29, 0.717) is 65.4 Å². The van der Waals surface area contributed by atoms with Crippen LogP contribution in [0.15, 0.2) is 12.8 Å². The highest BCUT2D eigenvalue weighted by molar-refractivity contribution is 5.00. The lowest BCUT2D eigenvalue weighted by Gasteiger charge is -2.53. The second-order valence-electron chi connectivity index (χ2n) is 18.3. The van der Waals surface area contributed by atoms with Gasteiger partial charge < -0.3 is 37.9 Å². The summed E-state index contributed by atoms with van der Waals surface area (Å²) < 4.78 is 48.6. The van der Waals surface area contributed by atoms with Crippen LogP contribution in [-0.4, -0.2) is 95.1 Å². The topological polar surface area (TPSA) is 73.8 Å². The van der Waals surface area contributed by atoms with Crippen LogP contribution >= 0.6 is 0 Å². The van der Waals surface area contributed by atoms with Crippen LogP contribution in [0.2, 0.25) is 0 Å². The van der Waals surface area contributed by atoms with Crippen LogP contribution in [0.5, 0.6) is 0 Å². The third-order valence-corrected chi connectivity index (χ3v) is 12.2. The molecule has 50 heavy (non-hydrogen) atoms. The fraction of sp³-hybridized carbons (Fsp3) is 0.952. The Balaban J connectivity index is 5.66. The van der Waals surface area contributed by atoms with Gasteiger partial charge in [0.1, 0.15) is 0 Å². The third-order valence-electron chi connectivity index (χ3n) is 12.2. The maximum absolute atomic E-state index is 7.10. The fourth-order valence-corrected chi connectivity index (χ4v) is 5.65. The molecule has 0 aliphatic rings. The number of hydrogen-bond acceptors (Lipinski definition) is 8. The minimum atomic E-state index is -0.434. The Bertz CT molecular complexity index is 903. The molecule has 0 saturated heterocycles. The second-order valence-corrected chi connectivity index (χ2v) is 18.3. The monoisotopic (exact) mass is 717 g/mol. The molecule has 300 valence electrons. The lowest BCUT2D eigenvalue weighted by atomic mass is 9.58. The Morgan fingerprint density at radius 1 is 0.580 bits per heavy atom. The van der Waals surface area contributed by atoms with E-state index in [0.717, 1.165) is 32.1 Å². The molecule has 1 unspecified atom stereocenters. The fourth-order valence-electron chi connectivity index (χ4n) is 5.65. The molecule has 0 spiro atoms. The summed E-state index contributed by atoms with van der Waals surface area (Å²) in [5.41, 5.74) is -1.78. The van der Waals surface area contributed by atoms with E-state index in [1.165, 1.54) is 6.26 Å². The van der Waals surface area contributed by atoms with Gasteiger partial charge in [-0.1, -0.05) is 62.0 Å². The Hall–Kier alpha value is -0.740. The zero-order valence-electron chi connectivity index (χ0n) is 36.1. The van der Waals surface area contributed by atoms with Gasteiger partial charge in [-0.25, -0.2) is 0 Å². The number of ether oxygens (including phenoxy) is 8. The molecule has 0 amide bonds. The molecule has 0 fully saturated rings. The Morgan fingerprint density at radius 3 is 1.74 bits per heavy atom. The van der Waals surface area contributed by atoms with Gasteiger partial charge in [0.25, 0.3) is 0 Å². The van der Waals surface area contributed by atoms with Gasteiger partial charge in [-0.05, 0) is 110 Å². The van der Waals surface area contributed by atoms with Gasteiger partial charge in [0.2, 0.25) is 0 Å². The van der Waals surface area contributed by atoms with Gasteiger partial charge in [0, 0.05) is 13.7 Å². The maximum atomic E-state index is 7.10. The molecule has 1 atom stereocenters. The van der Waals surface area contributed by atoms with Crippen LogP contribution in [0.4, 0.5) is 0 Å². The van der Waals surface area contributed by atoms with Gasteiger partial charge >= 0.3 is 0 Å². The Morgan fingerprint density at radius 2 is 1.16 bits per heavy atom. The summed E-state index contributed by atoms with van der Waals surface area (Å²) in [7, 11) is 1.68. The number of rotatable bonds is 31. The Labute approximate surface area is 310 Å². The quantitative estimate of drug-likeness (QED) is 0.0519. The number of unbranched alkanes of at least 4 members (excludes halogenated alkanes) is 1. The molecule has 0 aromatic rings. The van der Waals surface area contributed by atoms with Crippen molar-refractivity contribution in [3.8, 4) is 0 Å². The van der Waals surface area contributed by atoms with Gasteiger partial charge in [-0.15, -0.1) is 0 Å². The average molecular weight is 717 g/mol. The molecular formula is C42H84O8. The molecule has 0 heterocycles. The highest BCUT2D eigenvalue weighted by atomic mass is 16.6. The van der Waals surface area contributed by atoms with Crippen LogP contribution < -0.4 is 0 Å². The van der Waals surface area contributed by atoms with Gasteiger partial charge in [0.15, 0.2) is 0 Å². The maximum Gasteiger partial charge on any atom is 0.0873 e.